The van der Waals surface area contributed by atoms with Crippen molar-refractivity contribution in [2.24, 2.45) is 4.99 Å². The Kier molecular flexibility index (Phi) is 6.17. The SMILES string of the molecule is CC1(C)CCn2nc(-c3ccccc3F)c(C(=O)NC3N=C(c4ccccc4)c4cccc(F)c4NC3=O)c2O1. The molecule has 0 bridgehead atoms. The van der Waals surface area contributed by atoms with E-state index < -0.39 is 35.2 Å². The molecular weight excluding hydrogens is 516 g/mol. The molecule has 3 heterocycles. The summed E-state index contributed by atoms with van der Waals surface area (Å²) >= 11 is 0. The van der Waals surface area contributed by atoms with Crippen molar-refractivity contribution in [1.29, 1.82) is 0 Å². The number of rotatable bonds is 4. The molecule has 0 aliphatic carbocycles. The van der Waals surface area contributed by atoms with E-state index in [0.29, 0.717) is 29.8 Å². The fraction of sp³-hybridized carbons (Fsp3) is 0.200. The highest BCUT2D eigenvalue weighted by atomic mass is 19.1. The van der Waals surface area contributed by atoms with Gasteiger partial charge in [0.25, 0.3) is 11.8 Å². The van der Waals surface area contributed by atoms with Crippen LogP contribution in [-0.4, -0.2) is 39.1 Å². The van der Waals surface area contributed by atoms with Crippen LogP contribution in [0.25, 0.3) is 11.3 Å². The molecule has 0 radical (unpaired) electrons. The minimum Gasteiger partial charge on any atom is -0.471 e. The smallest absolute Gasteiger partial charge is 0.269 e. The first-order valence-corrected chi connectivity index (χ1v) is 12.8. The number of anilines is 1. The highest BCUT2D eigenvalue weighted by Crippen LogP contribution is 2.38. The number of benzodiazepines with no additional fused rings is 1. The first-order valence-electron chi connectivity index (χ1n) is 12.8. The fourth-order valence-electron chi connectivity index (χ4n) is 4.85. The minimum atomic E-state index is -1.44. The Balaban J connectivity index is 1.45. The Labute approximate surface area is 228 Å². The topological polar surface area (TPSA) is 97.6 Å². The number of hydrogen-bond donors (Lipinski definition) is 2. The number of aliphatic imine (C=N–C) groups is 1. The molecule has 6 rings (SSSR count). The van der Waals surface area contributed by atoms with Gasteiger partial charge >= 0.3 is 0 Å². The average molecular weight is 542 g/mol. The van der Waals surface area contributed by atoms with Crippen molar-refractivity contribution in [3.05, 3.63) is 101 Å². The average Bonchev–Trinajstić information content (AvgIpc) is 3.23. The molecule has 10 heteroatoms. The van der Waals surface area contributed by atoms with Gasteiger partial charge in [0.2, 0.25) is 12.0 Å². The van der Waals surface area contributed by atoms with Crippen LogP contribution >= 0.6 is 0 Å². The zero-order valence-electron chi connectivity index (χ0n) is 21.7. The van der Waals surface area contributed by atoms with Gasteiger partial charge in [-0.25, -0.2) is 18.5 Å². The number of nitrogens with one attached hydrogen (secondary N) is 2. The van der Waals surface area contributed by atoms with Crippen LogP contribution in [0.5, 0.6) is 5.88 Å². The molecule has 202 valence electrons. The number of carbonyl (C=O) groups excluding carboxylic acids is 2. The Bertz CT molecular complexity index is 1680. The summed E-state index contributed by atoms with van der Waals surface area (Å²) in [5, 5.41) is 9.73. The molecule has 1 atom stereocenters. The lowest BCUT2D eigenvalue weighted by Crippen LogP contribution is -2.43. The molecular formula is C30H25F2N5O3. The standard InChI is InChI=1S/C30H25F2N5O3/c1-30(2)15-16-37-29(40-30)22(25(36-37)18-11-6-7-13-20(18)31)27(38)35-26-28(39)34-24-19(12-8-14-21(24)32)23(33-26)17-9-4-3-5-10-17/h3-14,26H,15-16H2,1-2H3,(H,34,39)(H,35,38). The van der Waals surface area contributed by atoms with Crippen LogP contribution in [0.1, 0.15) is 41.8 Å². The van der Waals surface area contributed by atoms with E-state index in [1.165, 1.54) is 28.9 Å². The number of hydrogen-bond acceptors (Lipinski definition) is 5. The van der Waals surface area contributed by atoms with E-state index in [1.54, 1.807) is 42.5 Å². The van der Waals surface area contributed by atoms with Crippen molar-refractivity contribution >= 4 is 23.2 Å². The van der Waals surface area contributed by atoms with E-state index in [-0.39, 0.29) is 28.4 Å². The molecule has 0 spiro atoms. The van der Waals surface area contributed by atoms with E-state index in [1.807, 2.05) is 19.9 Å². The molecule has 0 saturated carbocycles. The summed E-state index contributed by atoms with van der Waals surface area (Å²) in [4.78, 5) is 31.8. The normalized spacial score (nSPS) is 17.4. The second-order valence-corrected chi connectivity index (χ2v) is 10.2. The van der Waals surface area contributed by atoms with Crippen LogP contribution in [0, 0.1) is 11.6 Å². The maximum absolute atomic E-state index is 14.9. The van der Waals surface area contributed by atoms with Crippen molar-refractivity contribution < 1.29 is 23.1 Å². The number of aryl methyl sites for hydroxylation is 1. The molecule has 3 aromatic carbocycles. The molecule has 0 fully saturated rings. The van der Waals surface area contributed by atoms with Crippen molar-refractivity contribution in [2.75, 3.05) is 5.32 Å². The number of aromatic nitrogens is 2. The van der Waals surface area contributed by atoms with Gasteiger partial charge in [-0.05, 0) is 32.0 Å². The third-order valence-corrected chi connectivity index (χ3v) is 6.90. The number of ether oxygens (including phenoxy) is 1. The van der Waals surface area contributed by atoms with E-state index in [0.717, 1.165) is 0 Å². The van der Waals surface area contributed by atoms with Crippen LogP contribution in [0.15, 0.2) is 77.8 Å². The number of para-hydroxylation sites is 1. The van der Waals surface area contributed by atoms with Crippen molar-refractivity contribution in [2.45, 2.75) is 38.6 Å². The second kappa shape index (κ2) is 9.71. The van der Waals surface area contributed by atoms with Crippen LogP contribution < -0.4 is 15.4 Å². The van der Waals surface area contributed by atoms with Crippen molar-refractivity contribution in [1.82, 2.24) is 15.1 Å². The Morgan fingerprint density at radius 1 is 1.00 bits per heavy atom. The molecule has 40 heavy (non-hydrogen) atoms. The number of nitrogens with zero attached hydrogens (tertiary/aromatic N) is 3. The van der Waals surface area contributed by atoms with Crippen molar-refractivity contribution in [3.63, 3.8) is 0 Å². The van der Waals surface area contributed by atoms with E-state index >= 15 is 0 Å². The number of fused-ring (bicyclic) bond motifs is 2. The maximum Gasteiger partial charge on any atom is 0.269 e. The first-order chi connectivity index (χ1) is 19.2. The number of amides is 2. The Hall–Kier alpha value is -4.86. The van der Waals surface area contributed by atoms with Crippen LogP contribution in [0.2, 0.25) is 0 Å². The van der Waals surface area contributed by atoms with Gasteiger partial charge < -0.3 is 15.4 Å². The van der Waals surface area contributed by atoms with Gasteiger partial charge in [-0.2, -0.15) is 5.10 Å². The van der Waals surface area contributed by atoms with Gasteiger partial charge in [-0.15, -0.1) is 0 Å². The van der Waals surface area contributed by atoms with Crippen LogP contribution in [-0.2, 0) is 11.3 Å². The van der Waals surface area contributed by atoms with E-state index in [4.69, 9.17) is 4.74 Å². The molecule has 2 aliphatic heterocycles. The summed E-state index contributed by atoms with van der Waals surface area (Å²) in [5.74, 6) is -2.50. The van der Waals surface area contributed by atoms with Gasteiger partial charge in [0.1, 0.15) is 28.5 Å². The largest absolute Gasteiger partial charge is 0.471 e. The number of halogens is 2. The maximum atomic E-state index is 14.9. The quantitative estimate of drug-likeness (QED) is 0.383. The molecule has 0 saturated heterocycles. The molecule has 1 aromatic heterocycles. The predicted octanol–water partition coefficient (Wildman–Crippen LogP) is 4.94. The van der Waals surface area contributed by atoms with E-state index in [9.17, 15) is 18.4 Å². The van der Waals surface area contributed by atoms with Gasteiger partial charge in [0.05, 0.1) is 11.4 Å². The Morgan fingerprint density at radius 3 is 2.48 bits per heavy atom. The molecule has 2 aliphatic rings. The molecule has 4 aromatic rings. The lowest BCUT2D eigenvalue weighted by Gasteiger charge is -2.31. The van der Waals surface area contributed by atoms with Crippen LogP contribution in [0.4, 0.5) is 14.5 Å². The summed E-state index contributed by atoms with van der Waals surface area (Å²) in [7, 11) is 0. The summed E-state index contributed by atoms with van der Waals surface area (Å²) in [6, 6.07) is 19.4. The molecule has 2 N–H and O–H groups in total. The number of carbonyl (C=O) groups is 2. The van der Waals surface area contributed by atoms with Gasteiger partial charge in [0.15, 0.2) is 0 Å². The van der Waals surface area contributed by atoms with Gasteiger partial charge in [-0.1, -0.05) is 54.6 Å². The third-order valence-electron chi connectivity index (χ3n) is 6.90. The summed E-state index contributed by atoms with van der Waals surface area (Å²) in [6.45, 7) is 4.22. The highest BCUT2D eigenvalue weighted by Gasteiger charge is 2.37. The monoisotopic (exact) mass is 541 g/mol. The molecule has 8 nitrogen and oxygen atoms in total. The van der Waals surface area contributed by atoms with Crippen LogP contribution in [0.3, 0.4) is 0 Å². The van der Waals surface area contributed by atoms with Crippen molar-refractivity contribution in [3.8, 4) is 17.1 Å². The Morgan fingerprint density at radius 2 is 1.70 bits per heavy atom. The van der Waals surface area contributed by atoms with Gasteiger partial charge in [-0.3, -0.25) is 9.59 Å². The molecule has 1 unspecified atom stereocenters. The summed E-state index contributed by atoms with van der Waals surface area (Å²) in [6.07, 6.45) is -0.811. The summed E-state index contributed by atoms with van der Waals surface area (Å²) < 4.78 is 37.4. The minimum absolute atomic E-state index is 0.0184. The second-order valence-electron chi connectivity index (χ2n) is 10.2. The highest BCUT2D eigenvalue weighted by molar-refractivity contribution is 6.20. The lowest BCUT2D eigenvalue weighted by atomic mass is 10.0. The fourth-order valence-corrected chi connectivity index (χ4v) is 4.85. The molecule has 2 amide bonds. The number of benzene rings is 3. The van der Waals surface area contributed by atoms with Gasteiger partial charge in [0, 0.05) is 29.7 Å². The lowest BCUT2D eigenvalue weighted by molar-refractivity contribution is -0.117. The zero-order valence-corrected chi connectivity index (χ0v) is 21.7. The summed E-state index contributed by atoms with van der Waals surface area (Å²) in [5.41, 5.74) is 0.865. The first kappa shape index (κ1) is 25.4. The predicted molar refractivity (Wildman–Crippen MR) is 145 cm³/mol. The third kappa shape index (κ3) is 4.51. The van der Waals surface area contributed by atoms with E-state index in [2.05, 4.69) is 20.7 Å². The zero-order chi connectivity index (χ0) is 28.0.